The largest absolute Gasteiger partial charge is 0.334 e. The zero-order valence-electron chi connectivity index (χ0n) is 13.2. The summed E-state index contributed by atoms with van der Waals surface area (Å²) in [7, 11) is 2.13. The first-order chi connectivity index (χ1) is 10.1. The van der Waals surface area contributed by atoms with E-state index in [1.807, 2.05) is 30.0 Å². The molecule has 0 aromatic heterocycles. The number of hydrogen-bond acceptors (Lipinski definition) is 4. The molecule has 1 aliphatic rings. The van der Waals surface area contributed by atoms with Crippen LogP contribution in [0.1, 0.15) is 35.7 Å². The van der Waals surface area contributed by atoms with Gasteiger partial charge in [0.05, 0.1) is 5.69 Å². The number of hydrazine groups is 1. The van der Waals surface area contributed by atoms with Crippen molar-refractivity contribution in [2.75, 3.05) is 32.1 Å². The molecule has 1 fully saturated rings. The second-order valence-electron chi connectivity index (χ2n) is 5.85. The highest BCUT2D eigenvalue weighted by Gasteiger charge is 2.26. The third kappa shape index (κ3) is 3.54. The van der Waals surface area contributed by atoms with Crippen molar-refractivity contribution in [2.24, 2.45) is 5.84 Å². The Labute approximate surface area is 127 Å². The summed E-state index contributed by atoms with van der Waals surface area (Å²) in [5.41, 5.74) is 5.23. The SMILES string of the molecule is CCC1CN(C)CCCN1C(=O)c1ccc(NN)c(C)c1. The molecule has 0 spiro atoms. The van der Waals surface area contributed by atoms with E-state index < -0.39 is 0 Å². The fourth-order valence-electron chi connectivity index (χ4n) is 2.98. The maximum atomic E-state index is 12.8. The lowest BCUT2D eigenvalue weighted by Crippen LogP contribution is -2.43. The van der Waals surface area contributed by atoms with Crippen molar-refractivity contribution in [2.45, 2.75) is 32.7 Å². The molecular formula is C16H26N4O. The standard InChI is InChI=1S/C16H26N4O/c1-4-14-11-19(3)8-5-9-20(14)16(21)13-6-7-15(18-17)12(2)10-13/h6-7,10,14,18H,4-5,8-9,11,17H2,1-3H3. The molecule has 116 valence electrons. The Kier molecular flexibility index (Phi) is 5.20. The average Bonchev–Trinajstić information content (AvgIpc) is 2.67. The molecule has 3 N–H and O–H groups in total. The van der Waals surface area contributed by atoms with Gasteiger partial charge in [0.15, 0.2) is 0 Å². The van der Waals surface area contributed by atoms with Gasteiger partial charge in [-0.1, -0.05) is 6.92 Å². The number of hydrogen-bond donors (Lipinski definition) is 2. The number of carbonyl (C=O) groups excluding carboxylic acids is 1. The summed E-state index contributed by atoms with van der Waals surface area (Å²) in [6.45, 7) is 6.94. The molecular weight excluding hydrogens is 264 g/mol. The van der Waals surface area contributed by atoms with Crippen LogP contribution in [-0.4, -0.2) is 48.4 Å². The monoisotopic (exact) mass is 290 g/mol. The first-order valence-corrected chi connectivity index (χ1v) is 7.63. The van der Waals surface area contributed by atoms with Gasteiger partial charge in [0.1, 0.15) is 0 Å². The zero-order chi connectivity index (χ0) is 15.4. The van der Waals surface area contributed by atoms with Crippen LogP contribution in [0.4, 0.5) is 5.69 Å². The number of amides is 1. The molecule has 2 rings (SSSR count). The van der Waals surface area contributed by atoms with E-state index in [1.165, 1.54) is 0 Å². The van der Waals surface area contributed by atoms with E-state index in [-0.39, 0.29) is 11.9 Å². The van der Waals surface area contributed by atoms with Crippen molar-refractivity contribution < 1.29 is 4.79 Å². The molecule has 0 radical (unpaired) electrons. The fraction of sp³-hybridized carbons (Fsp3) is 0.562. The van der Waals surface area contributed by atoms with Gasteiger partial charge in [0.25, 0.3) is 5.91 Å². The van der Waals surface area contributed by atoms with Gasteiger partial charge >= 0.3 is 0 Å². The molecule has 5 nitrogen and oxygen atoms in total. The normalized spacial score (nSPS) is 20.2. The quantitative estimate of drug-likeness (QED) is 0.658. The Morgan fingerprint density at radius 2 is 2.19 bits per heavy atom. The minimum absolute atomic E-state index is 0.129. The molecule has 5 heteroatoms. The molecule has 0 saturated carbocycles. The number of nitrogens with zero attached hydrogens (tertiary/aromatic N) is 2. The summed E-state index contributed by atoms with van der Waals surface area (Å²) >= 11 is 0. The van der Waals surface area contributed by atoms with Crippen LogP contribution in [0.5, 0.6) is 0 Å². The van der Waals surface area contributed by atoms with E-state index in [2.05, 4.69) is 24.3 Å². The highest BCUT2D eigenvalue weighted by atomic mass is 16.2. The van der Waals surface area contributed by atoms with E-state index in [4.69, 9.17) is 5.84 Å². The second-order valence-corrected chi connectivity index (χ2v) is 5.85. The summed E-state index contributed by atoms with van der Waals surface area (Å²) < 4.78 is 0. The van der Waals surface area contributed by atoms with Gasteiger partial charge in [0.2, 0.25) is 0 Å². The van der Waals surface area contributed by atoms with E-state index in [0.29, 0.717) is 0 Å². The van der Waals surface area contributed by atoms with Crippen LogP contribution in [0.3, 0.4) is 0 Å². The molecule has 1 amide bonds. The zero-order valence-corrected chi connectivity index (χ0v) is 13.2. The number of likely N-dealkylation sites (N-methyl/N-ethyl adjacent to an activating group) is 1. The smallest absolute Gasteiger partial charge is 0.254 e. The van der Waals surface area contributed by atoms with E-state index >= 15 is 0 Å². The highest BCUT2D eigenvalue weighted by molar-refractivity contribution is 5.95. The van der Waals surface area contributed by atoms with E-state index in [1.54, 1.807) is 0 Å². The number of benzene rings is 1. The van der Waals surface area contributed by atoms with E-state index in [0.717, 1.165) is 49.3 Å². The number of carbonyl (C=O) groups is 1. The maximum absolute atomic E-state index is 12.8. The summed E-state index contributed by atoms with van der Waals surface area (Å²) in [5.74, 6) is 5.58. The summed E-state index contributed by atoms with van der Waals surface area (Å²) in [4.78, 5) is 17.2. The number of rotatable bonds is 3. The van der Waals surface area contributed by atoms with Crippen LogP contribution in [-0.2, 0) is 0 Å². The predicted octanol–water partition coefficient (Wildman–Crippen LogP) is 1.84. The van der Waals surface area contributed by atoms with Crippen molar-refractivity contribution in [3.63, 3.8) is 0 Å². The van der Waals surface area contributed by atoms with Crippen molar-refractivity contribution >= 4 is 11.6 Å². The predicted molar refractivity (Wildman–Crippen MR) is 86.2 cm³/mol. The molecule has 21 heavy (non-hydrogen) atoms. The topological polar surface area (TPSA) is 61.6 Å². The highest BCUT2D eigenvalue weighted by Crippen LogP contribution is 2.20. The molecule has 1 aliphatic heterocycles. The number of nitrogens with one attached hydrogen (secondary N) is 1. The summed E-state index contributed by atoms with van der Waals surface area (Å²) in [6, 6.07) is 5.93. The van der Waals surface area contributed by atoms with Gasteiger partial charge in [-0.05, 0) is 57.1 Å². The van der Waals surface area contributed by atoms with Crippen molar-refractivity contribution in [3.05, 3.63) is 29.3 Å². The number of nitrogen functional groups attached to an aromatic ring is 1. The summed E-state index contributed by atoms with van der Waals surface area (Å²) in [6.07, 6.45) is 2.01. The minimum Gasteiger partial charge on any atom is -0.334 e. The number of anilines is 1. The van der Waals surface area contributed by atoms with Crippen LogP contribution in [0.2, 0.25) is 0 Å². The van der Waals surface area contributed by atoms with Crippen LogP contribution in [0.25, 0.3) is 0 Å². The molecule has 1 atom stereocenters. The molecule has 1 saturated heterocycles. The van der Waals surface area contributed by atoms with Gasteiger partial charge in [-0.3, -0.25) is 10.6 Å². The fourth-order valence-corrected chi connectivity index (χ4v) is 2.98. The van der Waals surface area contributed by atoms with Crippen molar-refractivity contribution in [1.29, 1.82) is 0 Å². The molecule has 0 bridgehead atoms. The number of nitrogens with two attached hydrogens (primary N) is 1. The maximum Gasteiger partial charge on any atom is 0.254 e. The lowest BCUT2D eigenvalue weighted by molar-refractivity contribution is 0.0675. The van der Waals surface area contributed by atoms with Gasteiger partial charge in [-0.2, -0.15) is 0 Å². The Balaban J connectivity index is 2.22. The molecule has 1 aromatic rings. The molecule has 1 heterocycles. The van der Waals surface area contributed by atoms with Crippen LogP contribution in [0.15, 0.2) is 18.2 Å². The first-order valence-electron chi connectivity index (χ1n) is 7.63. The lowest BCUT2D eigenvalue weighted by atomic mass is 10.1. The van der Waals surface area contributed by atoms with Crippen LogP contribution < -0.4 is 11.3 Å². The van der Waals surface area contributed by atoms with Crippen LogP contribution in [0, 0.1) is 6.92 Å². The molecule has 0 aliphatic carbocycles. The second kappa shape index (κ2) is 6.91. The van der Waals surface area contributed by atoms with Gasteiger partial charge < -0.3 is 15.2 Å². The van der Waals surface area contributed by atoms with Gasteiger partial charge in [-0.25, -0.2) is 0 Å². The third-order valence-electron chi connectivity index (χ3n) is 4.26. The average molecular weight is 290 g/mol. The van der Waals surface area contributed by atoms with Crippen molar-refractivity contribution in [3.8, 4) is 0 Å². The minimum atomic E-state index is 0.129. The van der Waals surface area contributed by atoms with Gasteiger partial charge in [-0.15, -0.1) is 0 Å². The van der Waals surface area contributed by atoms with Crippen LogP contribution >= 0.6 is 0 Å². The Morgan fingerprint density at radius 3 is 2.81 bits per heavy atom. The first kappa shape index (κ1) is 15.8. The Bertz CT molecular complexity index is 503. The molecule has 1 unspecified atom stereocenters. The van der Waals surface area contributed by atoms with Crippen molar-refractivity contribution in [1.82, 2.24) is 9.80 Å². The summed E-state index contributed by atoms with van der Waals surface area (Å²) in [5, 5.41) is 0. The third-order valence-corrected chi connectivity index (χ3v) is 4.26. The molecule has 1 aromatic carbocycles. The van der Waals surface area contributed by atoms with E-state index in [9.17, 15) is 4.79 Å². The Morgan fingerprint density at radius 1 is 1.43 bits per heavy atom. The van der Waals surface area contributed by atoms with Gasteiger partial charge in [0, 0.05) is 24.7 Å². The number of aryl methyl sites for hydroxylation is 1. The lowest BCUT2D eigenvalue weighted by Gasteiger charge is -2.30. The Hall–Kier alpha value is -1.59.